The molecule has 1 aliphatic rings. The van der Waals surface area contributed by atoms with Gasteiger partial charge in [0, 0.05) is 18.9 Å². The Labute approximate surface area is 142 Å². The monoisotopic (exact) mass is 317 g/mol. The highest BCUT2D eigenvalue weighted by Gasteiger charge is 2.12. The number of nitrogen functional groups attached to an aromatic ring is 1. The van der Waals surface area contributed by atoms with Crippen LogP contribution in [0.25, 0.3) is 0 Å². The zero-order chi connectivity index (χ0) is 16.2. The second-order valence-corrected chi connectivity index (χ2v) is 7.19. The van der Waals surface area contributed by atoms with Gasteiger partial charge in [-0.1, -0.05) is 57.1 Å². The minimum absolute atomic E-state index is 0.858. The lowest BCUT2D eigenvalue weighted by molar-refractivity contribution is 0.0824. The van der Waals surface area contributed by atoms with Crippen molar-refractivity contribution in [3.05, 3.63) is 29.8 Å². The van der Waals surface area contributed by atoms with Crippen molar-refractivity contribution in [2.24, 2.45) is 5.92 Å². The molecule has 2 heteroatoms. The maximum Gasteiger partial charge on any atom is 0.0494 e. The van der Waals surface area contributed by atoms with Crippen LogP contribution >= 0.6 is 0 Å². The van der Waals surface area contributed by atoms with E-state index in [-0.39, 0.29) is 0 Å². The molecule has 0 saturated heterocycles. The normalized spacial score (nSPS) is 15.8. The number of ether oxygens (including phenoxy) is 1. The fraction of sp³-hybridized carbons (Fsp3) is 0.714. The van der Waals surface area contributed by atoms with Gasteiger partial charge in [-0.3, -0.25) is 0 Å². The largest absolute Gasteiger partial charge is 0.399 e. The first kappa shape index (κ1) is 18.3. The summed E-state index contributed by atoms with van der Waals surface area (Å²) in [6, 6.07) is 8.31. The van der Waals surface area contributed by atoms with Gasteiger partial charge in [0.05, 0.1) is 0 Å². The first-order chi connectivity index (χ1) is 11.3. The summed E-state index contributed by atoms with van der Waals surface area (Å²) in [5.41, 5.74) is 7.98. The molecule has 1 saturated carbocycles. The van der Waals surface area contributed by atoms with E-state index in [1.54, 1.807) is 0 Å². The Morgan fingerprint density at radius 3 is 2.22 bits per heavy atom. The number of unbranched alkanes of at least 4 members (excludes halogenated alkanes) is 5. The molecule has 1 aromatic carbocycles. The topological polar surface area (TPSA) is 35.2 Å². The van der Waals surface area contributed by atoms with E-state index in [1.165, 1.54) is 82.6 Å². The van der Waals surface area contributed by atoms with Crippen LogP contribution < -0.4 is 5.73 Å². The molecule has 1 aromatic rings. The van der Waals surface area contributed by atoms with Gasteiger partial charge in [0.1, 0.15) is 0 Å². The van der Waals surface area contributed by atoms with Gasteiger partial charge in [0.25, 0.3) is 0 Å². The number of aryl methyl sites for hydroxylation is 1. The van der Waals surface area contributed by atoms with E-state index in [4.69, 9.17) is 10.5 Å². The summed E-state index contributed by atoms with van der Waals surface area (Å²) in [7, 11) is 0. The van der Waals surface area contributed by atoms with E-state index in [2.05, 4.69) is 12.1 Å². The van der Waals surface area contributed by atoms with Crippen molar-refractivity contribution in [3.63, 3.8) is 0 Å². The van der Waals surface area contributed by atoms with Crippen LogP contribution in [-0.2, 0) is 11.2 Å². The number of nitrogens with two attached hydrogens (primary N) is 1. The van der Waals surface area contributed by atoms with Crippen LogP contribution in [0.15, 0.2) is 24.3 Å². The first-order valence-corrected chi connectivity index (χ1v) is 9.77. The predicted molar refractivity (Wildman–Crippen MR) is 99.7 cm³/mol. The molecule has 0 amide bonds. The predicted octanol–water partition coefficient (Wildman–Crippen LogP) is 5.75. The van der Waals surface area contributed by atoms with Crippen LogP contribution in [-0.4, -0.2) is 13.2 Å². The van der Waals surface area contributed by atoms with Crippen LogP contribution in [0, 0.1) is 5.92 Å². The second-order valence-electron chi connectivity index (χ2n) is 7.19. The third kappa shape index (κ3) is 8.41. The van der Waals surface area contributed by atoms with Gasteiger partial charge < -0.3 is 10.5 Å². The molecule has 2 nitrogen and oxygen atoms in total. The molecule has 23 heavy (non-hydrogen) atoms. The van der Waals surface area contributed by atoms with Gasteiger partial charge in [-0.15, -0.1) is 0 Å². The molecule has 0 bridgehead atoms. The van der Waals surface area contributed by atoms with E-state index >= 15 is 0 Å². The molecule has 1 aliphatic carbocycles. The summed E-state index contributed by atoms with van der Waals surface area (Å²) >= 11 is 0. The maximum atomic E-state index is 5.86. The number of hydrogen-bond donors (Lipinski definition) is 1. The molecule has 0 spiro atoms. The molecule has 2 rings (SSSR count). The van der Waals surface area contributed by atoms with Crippen molar-refractivity contribution < 1.29 is 4.74 Å². The highest BCUT2D eigenvalue weighted by atomic mass is 16.5. The van der Waals surface area contributed by atoms with Gasteiger partial charge in [-0.2, -0.15) is 0 Å². The number of anilines is 1. The molecule has 0 aliphatic heterocycles. The molecule has 0 unspecified atom stereocenters. The van der Waals surface area contributed by atoms with E-state index in [9.17, 15) is 0 Å². The van der Waals surface area contributed by atoms with Gasteiger partial charge >= 0.3 is 0 Å². The quantitative estimate of drug-likeness (QED) is 0.416. The summed E-state index contributed by atoms with van der Waals surface area (Å²) in [6.45, 7) is 1.99. The lowest BCUT2D eigenvalue weighted by atomic mass is 9.90. The van der Waals surface area contributed by atoms with Crippen LogP contribution in [0.5, 0.6) is 0 Å². The lowest BCUT2D eigenvalue weighted by Gasteiger charge is -2.21. The van der Waals surface area contributed by atoms with Gasteiger partial charge in [0.2, 0.25) is 0 Å². The molecular formula is C21H35NO. The van der Waals surface area contributed by atoms with E-state index in [0.717, 1.165) is 24.8 Å². The summed E-state index contributed by atoms with van der Waals surface area (Å²) in [4.78, 5) is 0. The van der Waals surface area contributed by atoms with Gasteiger partial charge in [-0.05, 0) is 55.7 Å². The average Bonchev–Trinajstić information content (AvgIpc) is 2.59. The molecule has 1 fully saturated rings. The SMILES string of the molecule is Nc1ccc(CCCCCCCCOCC2CCCCC2)cc1. The summed E-state index contributed by atoms with van der Waals surface area (Å²) in [5.74, 6) is 0.858. The molecule has 130 valence electrons. The fourth-order valence-corrected chi connectivity index (χ4v) is 3.53. The lowest BCUT2D eigenvalue weighted by Crippen LogP contribution is -2.13. The summed E-state index contributed by atoms with van der Waals surface area (Å²) in [6.07, 6.45) is 16.2. The maximum absolute atomic E-state index is 5.86. The van der Waals surface area contributed by atoms with Crippen molar-refractivity contribution in [1.82, 2.24) is 0 Å². The van der Waals surface area contributed by atoms with E-state index < -0.39 is 0 Å². The average molecular weight is 318 g/mol. The number of benzene rings is 1. The van der Waals surface area contributed by atoms with Crippen molar-refractivity contribution in [2.45, 2.75) is 77.0 Å². The van der Waals surface area contributed by atoms with Crippen LogP contribution in [0.1, 0.15) is 76.2 Å². The van der Waals surface area contributed by atoms with Crippen LogP contribution in [0.4, 0.5) is 5.69 Å². The smallest absolute Gasteiger partial charge is 0.0494 e. The zero-order valence-electron chi connectivity index (χ0n) is 14.8. The summed E-state index contributed by atoms with van der Waals surface area (Å²) < 4.78 is 5.86. The van der Waals surface area contributed by atoms with Crippen molar-refractivity contribution >= 4 is 5.69 Å². The van der Waals surface area contributed by atoms with Crippen molar-refractivity contribution in [3.8, 4) is 0 Å². The Morgan fingerprint density at radius 2 is 1.48 bits per heavy atom. The first-order valence-electron chi connectivity index (χ1n) is 9.77. The van der Waals surface area contributed by atoms with E-state index in [1.807, 2.05) is 12.1 Å². The minimum atomic E-state index is 0.858. The zero-order valence-corrected chi connectivity index (χ0v) is 14.8. The third-order valence-electron chi connectivity index (χ3n) is 5.06. The van der Waals surface area contributed by atoms with Gasteiger partial charge in [-0.25, -0.2) is 0 Å². The van der Waals surface area contributed by atoms with Crippen molar-refractivity contribution in [2.75, 3.05) is 18.9 Å². The standard InChI is InChI=1S/C21H35NO/c22-21-15-13-19(14-16-21)10-6-3-1-2-4-9-17-23-18-20-11-7-5-8-12-20/h13-16,20H,1-12,17-18,22H2. The van der Waals surface area contributed by atoms with E-state index in [0.29, 0.717) is 0 Å². The molecular weight excluding hydrogens is 282 g/mol. The highest BCUT2D eigenvalue weighted by Crippen LogP contribution is 2.23. The molecule has 0 heterocycles. The Kier molecular flexibility index (Phi) is 9.16. The number of rotatable bonds is 11. The Balaban J connectivity index is 1.34. The Bertz CT molecular complexity index is 395. The molecule has 0 radical (unpaired) electrons. The Hall–Kier alpha value is -1.02. The molecule has 0 atom stereocenters. The minimum Gasteiger partial charge on any atom is -0.399 e. The highest BCUT2D eigenvalue weighted by molar-refractivity contribution is 5.39. The molecule has 0 aromatic heterocycles. The summed E-state index contributed by atoms with van der Waals surface area (Å²) in [5, 5.41) is 0. The van der Waals surface area contributed by atoms with Crippen molar-refractivity contribution in [1.29, 1.82) is 0 Å². The third-order valence-corrected chi connectivity index (χ3v) is 5.06. The second kappa shape index (κ2) is 11.5. The molecule has 2 N–H and O–H groups in total. The number of hydrogen-bond acceptors (Lipinski definition) is 2. The van der Waals surface area contributed by atoms with Gasteiger partial charge in [0.15, 0.2) is 0 Å². The fourth-order valence-electron chi connectivity index (χ4n) is 3.53. The van der Waals surface area contributed by atoms with Crippen LogP contribution in [0.3, 0.4) is 0 Å². The Morgan fingerprint density at radius 1 is 0.826 bits per heavy atom. The van der Waals surface area contributed by atoms with Crippen LogP contribution in [0.2, 0.25) is 0 Å².